The van der Waals surface area contributed by atoms with E-state index >= 15 is 0 Å². The van der Waals surface area contributed by atoms with Crippen LogP contribution in [-0.4, -0.2) is 16.3 Å². The molecule has 2 unspecified atom stereocenters. The molecule has 0 aliphatic heterocycles. The van der Waals surface area contributed by atoms with Gasteiger partial charge in [0, 0.05) is 12.0 Å². The largest absolute Gasteiger partial charge is 0.350 e. The normalized spacial score (nSPS) is 19.8. The van der Waals surface area contributed by atoms with E-state index in [1.807, 2.05) is 12.1 Å². The minimum Gasteiger partial charge on any atom is -0.350 e. The molecular formula is C16H14F2N2O2. The van der Waals surface area contributed by atoms with E-state index in [1.165, 1.54) is 12.1 Å². The van der Waals surface area contributed by atoms with Gasteiger partial charge >= 0.3 is 6.03 Å². The number of fused-ring (bicyclic) bond motifs is 1. The molecule has 0 fully saturated rings. The summed E-state index contributed by atoms with van der Waals surface area (Å²) in [6.45, 7) is 0. The van der Waals surface area contributed by atoms with Crippen molar-refractivity contribution >= 4 is 6.03 Å². The van der Waals surface area contributed by atoms with Crippen LogP contribution in [0, 0.1) is 11.6 Å². The van der Waals surface area contributed by atoms with Gasteiger partial charge in [0.05, 0.1) is 6.04 Å². The van der Waals surface area contributed by atoms with Gasteiger partial charge in [0.2, 0.25) is 0 Å². The predicted octanol–water partition coefficient (Wildman–Crippen LogP) is 3.12. The lowest BCUT2D eigenvalue weighted by Gasteiger charge is -2.27. The average Bonchev–Trinajstić information content (AvgIpc) is 2.84. The Kier molecular flexibility index (Phi) is 3.54. The molecule has 1 aliphatic rings. The van der Waals surface area contributed by atoms with Crippen molar-refractivity contribution in [1.82, 2.24) is 5.06 Å². The molecule has 2 amide bonds. The monoisotopic (exact) mass is 304 g/mol. The molecule has 114 valence electrons. The first-order chi connectivity index (χ1) is 10.5. The Morgan fingerprint density at radius 3 is 2.45 bits per heavy atom. The van der Waals surface area contributed by atoms with Gasteiger partial charge in [0.25, 0.3) is 0 Å². The lowest BCUT2D eigenvalue weighted by Crippen LogP contribution is -2.37. The topological polar surface area (TPSA) is 66.6 Å². The summed E-state index contributed by atoms with van der Waals surface area (Å²) in [5.74, 6) is -1.87. The first-order valence-corrected chi connectivity index (χ1v) is 6.78. The van der Waals surface area contributed by atoms with Crippen LogP contribution in [0.4, 0.5) is 13.6 Å². The van der Waals surface area contributed by atoms with E-state index in [0.29, 0.717) is 17.0 Å². The van der Waals surface area contributed by atoms with Gasteiger partial charge < -0.3 is 5.73 Å². The number of urea groups is 1. The first kappa shape index (κ1) is 14.5. The smallest absolute Gasteiger partial charge is 0.339 e. The highest BCUT2D eigenvalue weighted by atomic mass is 19.1. The van der Waals surface area contributed by atoms with Crippen LogP contribution in [0.25, 0.3) is 0 Å². The molecule has 0 saturated heterocycles. The minimum absolute atomic E-state index is 0.374. The van der Waals surface area contributed by atoms with Crippen molar-refractivity contribution in [2.24, 2.45) is 5.73 Å². The molecule has 0 bridgehead atoms. The summed E-state index contributed by atoms with van der Waals surface area (Å²) in [4.78, 5) is 11.4. The van der Waals surface area contributed by atoms with Crippen LogP contribution in [0.2, 0.25) is 0 Å². The fourth-order valence-corrected chi connectivity index (χ4v) is 3.10. The number of halogens is 2. The summed E-state index contributed by atoms with van der Waals surface area (Å²) in [5, 5.41) is 10.4. The molecule has 6 heteroatoms. The fraction of sp³-hybridized carbons (Fsp3) is 0.188. The van der Waals surface area contributed by atoms with Crippen molar-refractivity contribution in [2.75, 3.05) is 0 Å². The highest BCUT2D eigenvalue weighted by Gasteiger charge is 2.39. The number of carbonyl (C=O) groups excluding carboxylic acids is 1. The minimum atomic E-state index is -1.01. The van der Waals surface area contributed by atoms with E-state index in [1.54, 1.807) is 12.1 Å². The van der Waals surface area contributed by atoms with Crippen molar-refractivity contribution in [1.29, 1.82) is 0 Å². The number of amides is 2. The zero-order chi connectivity index (χ0) is 15.9. The number of primary amides is 1. The van der Waals surface area contributed by atoms with Gasteiger partial charge in [0.15, 0.2) is 0 Å². The molecule has 0 spiro atoms. The van der Waals surface area contributed by atoms with Crippen molar-refractivity contribution in [3.05, 3.63) is 70.8 Å². The number of hydroxylamine groups is 2. The quantitative estimate of drug-likeness (QED) is 0.661. The Bertz CT molecular complexity index is 716. The summed E-state index contributed by atoms with van der Waals surface area (Å²) in [7, 11) is 0. The molecule has 2 aromatic carbocycles. The van der Waals surface area contributed by atoms with Gasteiger partial charge in [-0.2, -0.15) is 5.06 Å². The summed E-state index contributed by atoms with van der Waals surface area (Å²) < 4.78 is 27.0. The van der Waals surface area contributed by atoms with Crippen LogP contribution in [0.1, 0.15) is 28.7 Å². The molecule has 2 atom stereocenters. The molecule has 0 radical (unpaired) electrons. The molecule has 3 rings (SSSR count). The van der Waals surface area contributed by atoms with Crippen LogP contribution >= 0.6 is 0 Å². The van der Waals surface area contributed by atoms with Crippen molar-refractivity contribution in [3.8, 4) is 0 Å². The van der Waals surface area contributed by atoms with Gasteiger partial charge in [-0.15, -0.1) is 0 Å². The Balaban J connectivity index is 2.09. The van der Waals surface area contributed by atoms with E-state index in [-0.39, 0.29) is 0 Å². The summed E-state index contributed by atoms with van der Waals surface area (Å²) >= 11 is 0. The van der Waals surface area contributed by atoms with Crippen LogP contribution in [0.3, 0.4) is 0 Å². The highest BCUT2D eigenvalue weighted by Crippen LogP contribution is 2.45. The maximum Gasteiger partial charge on any atom is 0.339 e. The SMILES string of the molecule is NC(=O)N(O)C1c2ccccc2CC1c1cc(F)cc(F)c1. The molecule has 0 aromatic heterocycles. The molecule has 22 heavy (non-hydrogen) atoms. The van der Waals surface area contributed by atoms with Gasteiger partial charge in [0.1, 0.15) is 11.6 Å². The number of nitrogens with two attached hydrogens (primary N) is 1. The fourth-order valence-electron chi connectivity index (χ4n) is 3.10. The van der Waals surface area contributed by atoms with E-state index in [2.05, 4.69) is 0 Å². The Hall–Kier alpha value is -2.47. The summed E-state index contributed by atoms with van der Waals surface area (Å²) in [6.07, 6.45) is 0.452. The third-order valence-electron chi connectivity index (χ3n) is 4.00. The van der Waals surface area contributed by atoms with Crippen LogP contribution in [-0.2, 0) is 6.42 Å². The highest BCUT2D eigenvalue weighted by molar-refractivity contribution is 5.71. The first-order valence-electron chi connectivity index (χ1n) is 6.78. The molecule has 3 N–H and O–H groups in total. The van der Waals surface area contributed by atoms with Crippen molar-refractivity contribution in [3.63, 3.8) is 0 Å². The van der Waals surface area contributed by atoms with Gasteiger partial charge in [-0.1, -0.05) is 24.3 Å². The molecule has 2 aromatic rings. The standard InChI is InChI=1S/C16H14F2N2O2/c17-11-5-10(6-12(18)8-11)14-7-9-3-1-2-4-13(9)15(14)20(22)16(19)21/h1-6,8,14-15,22H,7H2,(H2,19,21). The number of rotatable bonds is 2. The number of carbonyl (C=O) groups is 1. The van der Waals surface area contributed by atoms with Crippen LogP contribution < -0.4 is 5.73 Å². The number of nitrogens with zero attached hydrogens (tertiary/aromatic N) is 1. The van der Waals surface area contributed by atoms with Crippen LogP contribution in [0.5, 0.6) is 0 Å². The molecular weight excluding hydrogens is 290 g/mol. The van der Waals surface area contributed by atoms with Gasteiger partial charge in [-0.25, -0.2) is 13.6 Å². The molecule has 4 nitrogen and oxygen atoms in total. The van der Waals surface area contributed by atoms with Gasteiger partial charge in [-0.05, 0) is 35.2 Å². The van der Waals surface area contributed by atoms with Crippen molar-refractivity contribution < 1.29 is 18.8 Å². The lowest BCUT2D eigenvalue weighted by molar-refractivity contribution is -0.0811. The Morgan fingerprint density at radius 1 is 1.18 bits per heavy atom. The number of hydrogen-bond acceptors (Lipinski definition) is 2. The maximum atomic E-state index is 13.5. The van der Waals surface area contributed by atoms with E-state index in [0.717, 1.165) is 17.2 Å². The maximum absolute atomic E-state index is 13.5. The second-order valence-electron chi connectivity index (χ2n) is 5.34. The third kappa shape index (κ3) is 2.42. The molecule has 0 heterocycles. The third-order valence-corrected chi connectivity index (χ3v) is 4.00. The molecule has 0 saturated carbocycles. The Morgan fingerprint density at radius 2 is 1.82 bits per heavy atom. The second-order valence-corrected chi connectivity index (χ2v) is 5.34. The zero-order valence-electron chi connectivity index (χ0n) is 11.5. The summed E-state index contributed by atoms with van der Waals surface area (Å²) in [5.41, 5.74) is 7.16. The second kappa shape index (κ2) is 5.38. The van der Waals surface area contributed by atoms with Crippen molar-refractivity contribution in [2.45, 2.75) is 18.4 Å². The summed E-state index contributed by atoms with van der Waals surface area (Å²) in [6, 6.07) is 8.65. The van der Waals surface area contributed by atoms with Gasteiger partial charge in [-0.3, -0.25) is 5.21 Å². The number of hydrogen-bond donors (Lipinski definition) is 2. The zero-order valence-corrected chi connectivity index (χ0v) is 11.5. The van der Waals surface area contributed by atoms with E-state index in [9.17, 15) is 18.8 Å². The Labute approximate surface area is 125 Å². The average molecular weight is 304 g/mol. The predicted molar refractivity (Wildman–Crippen MR) is 75.2 cm³/mol. The lowest BCUT2D eigenvalue weighted by atomic mass is 9.91. The molecule has 1 aliphatic carbocycles. The van der Waals surface area contributed by atoms with E-state index < -0.39 is 29.6 Å². The number of benzene rings is 2. The van der Waals surface area contributed by atoms with Crippen LogP contribution in [0.15, 0.2) is 42.5 Å². The van der Waals surface area contributed by atoms with E-state index in [4.69, 9.17) is 5.73 Å².